The van der Waals surface area contributed by atoms with Gasteiger partial charge in [-0.05, 0) is 67.9 Å². The number of hydrogen-bond acceptors (Lipinski definition) is 7. The molecule has 35 heavy (non-hydrogen) atoms. The van der Waals surface area contributed by atoms with E-state index >= 15 is 0 Å². The highest BCUT2D eigenvalue weighted by Crippen LogP contribution is 2.54. The molecule has 2 aromatic rings. The first-order valence-corrected chi connectivity index (χ1v) is 14.5. The second kappa shape index (κ2) is 9.43. The van der Waals surface area contributed by atoms with Gasteiger partial charge in [0, 0.05) is 38.1 Å². The lowest BCUT2D eigenvalue weighted by molar-refractivity contribution is 0.0529. The molecule has 3 fully saturated rings. The number of morpholine rings is 1. The van der Waals surface area contributed by atoms with E-state index in [4.69, 9.17) is 4.74 Å². The molecule has 9 heteroatoms. The maximum absolute atomic E-state index is 13.4. The predicted octanol–water partition coefficient (Wildman–Crippen LogP) is 3.48. The van der Waals surface area contributed by atoms with E-state index in [1.165, 1.54) is 19.1 Å². The maximum atomic E-state index is 13.4. The van der Waals surface area contributed by atoms with Gasteiger partial charge in [0.15, 0.2) is 9.84 Å². The number of amides is 1. The molecule has 0 unspecified atom stereocenters. The summed E-state index contributed by atoms with van der Waals surface area (Å²) < 4.78 is 29.5. The average Bonchev–Trinajstić information content (AvgIpc) is 3.57. The van der Waals surface area contributed by atoms with Crippen molar-refractivity contribution in [3.8, 4) is 0 Å². The number of carbonyl (C=O) groups is 1. The van der Waals surface area contributed by atoms with Crippen LogP contribution in [-0.2, 0) is 20.3 Å². The fourth-order valence-corrected chi connectivity index (χ4v) is 5.99. The molecule has 0 radical (unpaired) electrons. The number of rotatable bonds is 6. The van der Waals surface area contributed by atoms with E-state index in [1.54, 1.807) is 18.2 Å². The zero-order valence-corrected chi connectivity index (χ0v) is 21.3. The quantitative estimate of drug-likeness (QED) is 0.652. The Hall–Kier alpha value is -2.65. The highest BCUT2D eigenvalue weighted by atomic mass is 32.2. The second-order valence-electron chi connectivity index (χ2n) is 10.4. The molecule has 5 rings (SSSR count). The highest BCUT2D eigenvalue weighted by molar-refractivity contribution is 7.89. The molecule has 3 aliphatic rings. The summed E-state index contributed by atoms with van der Waals surface area (Å²) in [5.74, 6) is 1.03. The average molecular weight is 499 g/mol. The summed E-state index contributed by atoms with van der Waals surface area (Å²) >= 11 is 0. The maximum Gasteiger partial charge on any atom is 0.258 e. The van der Waals surface area contributed by atoms with Gasteiger partial charge in [0.25, 0.3) is 5.91 Å². The van der Waals surface area contributed by atoms with Crippen molar-refractivity contribution < 1.29 is 17.9 Å². The number of nitrogens with one attached hydrogen (secondary N) is 1. The van der Waals surface area contributed by atoms with Crippen LogP contribution in [0.2, 0.25) is 0 Å². The summed E-state index contributed by atoms with van der Waals surface area (Å²) in [6.45, 7) is 5.97. The third-order valence-electron chi connectivity index (χ3n) is 7.40. The number of hydrogen-bond donors (Lipinski definition) is 1. The van der Waals surface area contributed by atoms with Crippen LogP contribution in [0.1, 0.15) is 48.5 Å². The Morgan fingerprint density at radius 2 is 1.89 bits per heavy atom. The summed E-state index contributed by atoms with van der Waals surface area (Å²) in [5.41, 5.74) is 2.55. The lowest BCUT2D eigenvalue weighted by atomic mass is 9.92. The van der Waals surface area contributed by atoms with Gasteiger partial charge in [-0.3, -0.25) is 4.79 Å². The molecule has 188 valence electrons. The third kappa shape index (κ3) is 5.78. The Labute approximate surface area is 207 Å². The van der Waals surface area contributed by atoms with Crippen molar-refractivity contribution in [3.05, 3.63) is 47.5 Å². The molecular weight excluding hydrogens is 464 g/mol. The number of anilines is 3. The summed E-state index contributed by atoms with van der Waals surface area (Å²) in [4.78, 5) is 22.5. The van der Waals surface area contributed by atoms with E-state index in [9.17, 15) is 13.2 Å². The minimum Gasteiger partial charge on any atom is -0.375 e. The normalized spacial score (nSPS) is 21.7. The predicted molar refractivity (Wildman–Crippen MR) is 138 cm³/mol. The highest BCUT2D eigenvalue weighted by Gasteiger charge is 2.44. The van der Waals surface area contributed by atoms with Crippen molar-refractivity contribution in [3.63, 3.8) is 0 Å². The largest absolute Gasteiger partial charge is 0.375 e. The number of benzene rings is 1. The monoisotopic (exact) mass is 498 g/mol. The first-order valence-electron chi connectivity index (χ1n) is 12.4. The summed E-state index contributed by atoms with van der Waals surface area (Å²) in [6.07, 6.45) is 6.20. The van der Waals surface area contributed by atoms with Crippen molar-refractivity contribution in [1.29, 1.82) is 0 Å². The summed E-state index contributed by atoms with van der Waals surface area (Å²) in [6, 6.07) is 11.0. The molecule has 2 aliphatic heterocycles. The van der Waals surface area contributed by atoms with Gasteiger partial charge in [-0.2, -0.15) is 0 Å². The lowest BCUT2D eigenvalue weighted by Gasteiger charge is -2.35. The van der Waals surface area contributed by atoms with E-state index in [-0.39, 0.29) is 17.8 Å². The molecule has 1 amide bonds. The number of nitrogens with zero attached hydrogens (tertiary/aromatic N) is 3. The summed E-state index contributed by atoms with van der Waals surface area (Å²) in [5, 5.41) is 2.97. The molecule has 3 heterocycles. The fraction of sp³-hybridized carbons (Fsp3) is 0.538. The second-order valence-corrected chi connectivity index (χ2v) is 12.5. The first-order chi connectivity index (χ1) is 16.7. The van der Waals surface area contributed by atoms with Crippen molar-refractivity contribution in [2.24, 2.45) is 5.41 Å². The lowest BCUT2D eigenvalue weighted by Crippen LogP contribution is -2.41. The van der Waals surface area contributed by atoms with Gasteiger partial charge in [0.05, 0.1) is 24.0 Å². The Morgan fingerprint density at radius 1 is 1.11 bits per heavy atom. The van der Waals surface area contributed by atoms with Gasteiger partial charge in [0.1, 0.15) is 11.6 Å². The molecule has 8 nitrogen and oxygen atoms in total. The van der Waals surface area contributed by atoms with Gasteiger partial charge < -0.3 is 19.9 Å². The van der Waals surface area contributed by atoms with Crippen LogP contribution in [0.4, 0.5) is 17.3 Å². The standard InChI is InChI=1S/C26H34N4O4S/c1-19-17-30(14-15-34-19)24-5-3-4-23(27-24)28-25(31)21-7-6-20(18-35(2,32)33)16-22(21)29-12-10-26(8-9-26)11-13-29/h3-7,16,19H,8-15,17-18H2,1-2H3,(H,27,28,31)/t19-/m1/s1. The van der Waals surface area contributed by atoms with Crippen LogP contribution in [0.5, 0.6) is 0 Å². The van der Waals surface area contributed by atoms with Crippen molar-refractivity contribution in [1.82, 2.24) is 4.98 Å². The van der Waals surface area contributed by atoms with E-state index < -0.39 is 9.84 Å². The molecule has 1 saturated carbocycles. The van der Waals surface area contributed by atoms with Crippen LogP contribution in [0.3, 0.4) is 0 Å². The number of carbonyl (C=O) groups excluding carboxylic acids is 1. The van der Waals surface area contributed by atoms with Crippen molar-refractivity contribution in [2.45, 2.75) is 44.5 Å². The van der Waals surface area contributed by atoms with Gasteiger partial charge in [-0.25, -0.2) is 13.4 Å². The van der Waals surface area contributed by atoms with Crippen LogP contribution in [0.15, 0.2) is 36.4 Å². The number of ether oxygens (including phenoxy) is 1. The minimum atomic E-state index is -3.18. The third-order valence-corrected chi connectivity index (χ3v) is 8.26. The van der Waals surface area contributed by atoms with Crippen LogP contribution < -0.4 is 15.1 Å². The summed E-state index contributed by atoms with van der Waals surface area (Å²) in [7, 11) is -3.18. The van der Waals surface area contributed by atoms with Crippen LogP contribution >= 0.6 is 0 Å². The Morgan fingerprint density at radius 3 is 2.57 bits per heavy atom. The molecule has 1 aromatic carbocycles. The molecule has 1 N–H and O–H groups in total. The van der Waals surface area contributed by atoms with Gasteiger partial charge in [-0.15, -0.1) is 0 Å². The van der Waals surface area contributed by atoms with E-state index in [0.29, 0.717) is 29.0 Å². The molecule has 0 bridgehead atoms. The number of sulfone groups is 1. The molecular formula is C26H34N4O4S. The molecule has 1 aliphatic carbocycles. The number of pyridine rings is 1. The van der Waals surface area contributed by atoms with Crippen molar-refractivity contribution in [2.75, 3.05) is 54.2 Å². The van der Waals surface area contributed by atoms with Gasteiger partial charge >= 0.3 is 0 Å². The zero-order valence-electron chi connectivity index (χ0n) is 20.5. The topological polar surface area (TPSA) is 91.8 Å². The van der Waals surface area contributed by atoms with Crippen LogP contribution in [0.25, 0.3) is 0 Å². The molecule has 2 saturated heterocycles. The van der Waals surface area contributed by atoms with Crippen LogP contribution in [-0.4, -0.2) is 64.5 Å². The van der Waals surface area contributed by atoms with Crippen molar-refractivity contribution >= 4 is 33.1 Å². The van der Waals surface area contributed by atoms with E-state index in [0.717, 1.165) is 50.5 Å². The van der Waals surface area contributed by atoms with E-state index in [2.05, 4.69) is 20.1 Å². The Bertz CT molecular complexity index is 1200. The zero-order chi connectivity index (χ0) is 24.6. The smallest absolute Gasteiger partial charge is 0.258 e. The first kappa shape index (κ1) is 24.1. The van der Waals surface area contributed by atoms with Gasteiger partial charge in [0.2, 0.25) is 0 Å². The number of aromatic nitrogens is 1. The fourth-order valence-electron chi connectivity index (χ4n) is 5.20. The Kier molecular flexibility index (Phi) is 6.48. The molecule has 1 atom stereocenters. The SMILES string of the molecule is C[C@@H]1CN(c2cccc(NC(=O)c3ccc(CS(C)(=O)=O)cc3N3CCC4(CC3)CC4)n2)CCO1. The van der Waals surface area contributed by atoms with E-state index in [1.807, 2.05) is 25.1 Å². The Balaban J connectivity index is 1.38. The molecule has 1 spiro atoms. The van der Waals surface area contributed by atoms with Crippen LogP contribution in [0, 0.1) is 5.41 Å². The molecule has 1 aromatic heterocycles. The van der Waals surface area contributed by atoms with Gasteiger partial charge in [-0.1, -0.05) is 12.1 Å². The number of piperidine rings is 1. The minimum absolute atomic E-state index is 0.0404.